The minimum atomic E-state index is -0.294. The van der Waals surface area contributed by atoms with Gasteiger partial charge in [0.25, 0.3) is 0 Å². The van der Waals surface area contributed by atoms with Gasteiger partial charge in [0.1, 0.15) is 6.33 Å². The highest BCUT2D eigenvalue weighted by atomic mass is 16.1. The number of amides is 1. The van der Waals surface area contributed by atoms with Crippen LogP contribution in [0.15, 0.2) is 58.8 Å². The number of carbonyl (C=O) groups is 1. The summed E-state index contributed by atoms with van der Waals surface area (Å²) in [5.74, 6) is -0.0106. The summed E-state index contributed by atoms with van der Waals surface area (Å²) in [5.41, 5.74) is 4.58. The second kappa shape index (κ2) is 8.33. The number of hydrogen-bond acceptors (Lipinski definition) is 6. The number of aryl methyl sites for hydroxylation is 2. The predicted molar refractivity (Wildman–Crippen MR) is 130 cm³/mol. The van der Waals surface area contributed by atoms with Crippen molar-refractivity contribution in [3.05, 3.63) is 81.9 Å². The summed E-state index contributed by atoms with van der Waals surface area (Å²) in [5, 5.41) is 3.27. The molecule has 0 spiro atoms. The molecule has 34 heavy (non-hydrogen) atoms. The second-order valence-corrected chi connectivity index (χ2v) is 8.80. The van der Waals surface area contributed by atoms with E-state index < -0.39 is 0 Å². The lowest BCUT2D eigenvalue weighted by molar-refractivity contribution is -0.117. The Labute approximate surface area is 196 Å². The van der Waals surface area contributed by atoms with Crippen LogP contribution in [0.1, 0.15) is 35.4 Å². The molecule has 0 saturated heterocycles. The molecule has 1 aromatic carbocycles. The number of anilines is 1. The third-order valence-corrected chi connectivity index (χ3v) is 6.49. The Kier molecular flexibility index (Phi) is 5.31. The fraction of sp³-hybridized carbons (Fsp3) is 0.280. The lowest BCUT2D eigenvalue weighted by atomic mass is 10.0. The first-order valence-corrected chi connectivity index (χ1v) is 11.1. The van der Waals surface area contributed by atoms with Gasteiger partial charge in [0, 0.05) is 23.9 Å². The zero-order chi connectivity index (χ0) is 23.9. The van der Waals surface area contributed by atoms with Gasteiger partial charge in [0.2, 0.25) is 5.91 Å². The standard InChI is InChI=1S/C25H25N7O2/c1-16-10-20-19(11-18(16)12-22(33)26-3)30-15-31(20)32-17(2)13-28-23(24(32)34)29-14-25(7-8-25)21-6-4-5-9-27-21/h4-6,9-11,13,15H,3,7-8,12,14H2,1-2H3,(H,28,29). The van der Waals surface area contributed by atoms with E-state index in [4.69, 9.17) is 0 Å². The lowest BCUT2D eigenvalue weighted by Crippen LogP contribution is -2.32. The Bertz CT molecular complexity index is 1470. The zero-order valence-corrected chi connectivity index (χ0v) is 19.2. The Morgan fingerprint density at radius 2 is 2.03 bits per heavy atom. The van der Waals surface area contributed by atoms with Crippen molar-refractivity contribution < 1.29 is 4.79 Å². The molecule has 1 aliphatic carbocycles. The summed E-state index contributed by atoms with van der Waals surface area (Å²) in [6.07, 6.45) is 7.29. The predicted octanol–water partition coefficient (Wildman–Crippen LogP) is 2.83. The number of nitrogens with one attached hydrogen (secondary N) is 1. The van der Waals surface area contributed by atoms with Crippen LogP contribution in [0.5, 0.6) is 0 Å². The Balaban J connectivity index is 1.48. The van der Waals surface area contributed by atoms with Crippen molar-refractivity contribution >= 4 is 29.5 Å². The molecular weight excluding hydrogens is 430 g/mol. The van der Waals surface area contributed by atoms with Crippen LogP contribution in [0.25, 0.3) is 11.0 Å². The van der Waals surface area contributed by atoms with Crippen molar-refractivity contribution in [1.29, 1.82) is 0 Å². The quantitative estimate of drug-likeness (QED) is 0.430. The number of nitrogens with zero attached hydrogens (tertiary/aromatic N) is 6. The fourth-order valence-electron chi connectivity index (χ4n) is 4.28. The van der Waals surface area contributed by atoms with E-state index in [1.165, 1.54) is 0 Å². The Morgan fingerprint density at radius 3 is 2.74 bits per heavy atom. The monoisotopic (exact) mass is 455 g/mol. The lowest BCUT2D eigenvalue weighted by Gasteiger charge is -2.17. The van der Waals surface area contributed by atoms with Gasteiger partial charge in [-0.05, 0) is 68.8 Å². The molecule has 1 amide bonds. The van der Waals surface area contributed by atoms with Crippen LogP contribution in [-0.4, -0.2) is 43.5 Å². The molecule has 1 fully saturated rings. The molecule has 0 unspecified atom stereocenters. The third-order valence-electron chi connectivity index (χ3n) is 6.49. The van der Waals surface area contributed by atoms with Gasteiger partial charge < -0.3 is 5.32 Å². The van der Waals surface area contributed by atoms with E-state index in [-0.39, 0.29) is 29.1 Å². The van der Waals surface area contributed by atoms with Crippen molar-refractivity contribution in [2.24, 2.45) is 4.99 Å². The number of hydrogen-bond donors (Lipinski definition) is 1. The minimum absolute atomic E-state index is 0.0575. The number of pyridine rings is 1. The Morgan fingerprint density at radius 1 is 1.21 bits per heavy atom. The van der Waals surface area contributed by atoms with Gasteiger partial charge in [-0.15, -0.1) is 0 Å². The number of benzene rings is 1. The maximum absolute atomic E-state index is 13.5. The van der Waals surface area contributed by atoms with E-state index in [2.05, 4.69) is 32.0 Å². The largest absolute Gasteiger partial charge is 0.364 e. The van der Waals surface area contributed by atoms with E-state index in [1.807, 2.05) is 44.2 Å². The number of fused-ring (bicyclic) bond motifs is 1. The van der Waals surface area contributed by atoms with Crippen molar-refractivity contribution in [2.75, 3.05) is 11.9 Å². The average molecular weight is 456 g/mol. The van der Waals surface area contributed by atoms with Crippen LogP contribution in [-0.2, 0) is 16.6 Å². The highest BCUT2D eigenvalue weighted by molar-refractivity contribution is 5.85. The summed E-state index contributed by atoms with van der Waals surface area (Å²) >= 11 is 0. The number of aromatic nitrogens is 5. The van der Waals surface area contributed by atoms with Crippen molar-refractivity contribution in [1.82, 2.24) is 24.3 Å². The normalized spacial score (nSPS) is 14.2. The molecule has 3 heterocycles. The SMILES string of the molecule is C=NC(=O)Cc1cc2ncn(-n3c(C)cnc(NCC4(c5ccccn5)CC4)c3=O)c2cc1C. The van der Waals surface area contributed by atoms with Crippen molar-refractivity contribution in [3.63, 3.8) is 0 Å². The van der Waals surface area contributed by atoms with E-state index in [0.717, 1.165) is 35.2 Å². The molecule has 1 N–H and O–H groups in total. The maximum atomic E-state index is 13.5. The minimum Gasteiger partial charge on any atom is -0.364 e. The second-order valence-electron chi connectivity index (χ2n) is 8.80. The van der Waals surface area contributed by atoms with E-state index >= 15 is 0 Å². The molecule has 0 atom stereocenters. The first-order valence-electron chi connectivity index (χ1n) is 11.1. The van der Waals surface area contributed by atoms with E-state index in [9.17, 15) is 9.59 Å². The van der Waals surface area contributed by atoms with E-state index in [1.54, 1.807) is 28.1 Å². The smallest absolute Gasteiger partial charge is 0.312 e. The summed E-state index contributed by atoms with van der Waals surface area (Å²) in [7, 11) is 0. The summed E-state index contributed by atoms with van der Waals surface area (Å²) in [4.78, 5) is 42.0. The molecule has 1 aliphatic rings. The molecule has 1 saturated carbocycles. The number of aliphatic imine (C=N–C) groups is 1. The number of imidazole rings is 1. The van der Waals surface area contributed by atoms with Gasteiger partial charge in [-0.2, -0.15) is 0 Å². The summed E-state index contributed by atoms with van der Waals surface area (Å²) in [6, 6.07) is 9.70. The van der Waals surface area contributed by atoms with Gasteiger partial charge in [-0.3, -0.25) is 14.6 Å². The topological polar surface area (TPSA) is 107 Å². The molecule has 172 valence electrons. The number of carbonyl (C=O) groups excluding carboxylic acids is 1. The zero-order valence-electron chi connectivity index (χ0n) is 19.2. The van der Waals surface area contributed by atoms with Crippen LogP contribution in [0.4, 0.5) is 5.82 Å². The van der Waals surface area contributed by atoms with Gasteiger partial charge >= 0.3 is 5.56 Å². The van der Waals surface area contributed by atoms with E-state index in [0.29, 0.717) is 17.8 Å². The molecule has 0 aliphatic heterocycles. The molecule has 9 nitrogen and oxygen atoms in total. The molecule has 0 radical (unpaired) electrons. The maximum Gasteiger partial charge on any atom is 0.312 e. The first-order chi connectivity index (χ1) is 16.4. The molecule has 9 heteroatoms. The van der Waals surface area contributed by atoms with Crippen LogP contribution >= 0.6 is 0 Å². The van der Waals surface area contributed by atoms with Crippen LogP contribution in [0.2, 0.25) is 0 Å². The van der Waals surface area contributed by atoms with Gasteiger partial charge in [0.05, 0.1) is 29.3 Å². The van der Waals surface area contributed by atoms with Gasteiger partial charge in [-0.25, -0.2) is 24.3 Å². The third kappa shape index (κ3) is 3.79. The highest BCUT2D eigenvalue weighted by Gasteiger charge is 2.45. The van der Waals surface area contributed by atoms with Crippen LogP contribution in [0.3, 0.4) is 0 Å². The first kappa shape index (κ1) is 21.7. The molecule has 3 aromatic heterocycles. The molecule has 0 bridgehead atoms. The van der Waals surface area contributed by atoms with Gasteiger partial charge in [0.15, 0.2) is 5.82 Å². The van der Waals surface area contributed by atoms with Crippen LogP contribution < -0.4 is 10.9 Å². The van der Waals surface area contributed by atoms with Crippen molar-refractivity contribution in [3.8, 4) is 0 Å². The number of rotatable bonds is 7. The molecule has 4 aromatic rings. The Hall–Kier alpha value is -4.14. The molecular formula is C25H25N7O2. The molecule has 5 rings (SSSR count). The van der Waals surface area contributed by atoms with Crippen molar-refractivity contribution in [2.45, 2.75) is 38.5 Å². The van der Waals surface area contributed by atoms with Gasteiger partial charge in [-0.1, -0.05) is 6.07 Å². The summed E-state index contributed by atoms with van der Waals surface area (Å²) in [6.45, 7) is 7.64. The fourth-order valence-corrected chi connectivity index (χ4v) is 4.28. The van der Waals surface area contributed by atoms with Crippen LogP contribution in [0, 0.1) is 13.8 Å². The average Bonchev–Trinajstić information content (AvgIpc) is 3.54. The summed E-state index contributed by atoms with van der Waals surface area (Å²) < 4.78 is 3.27. The highest BCUT2D eigenvalue weighted by Crippen LogP contribution is 2.47.